The van der Waals surface area contributed by atoms with E-state index >= 15 is 0 Å². The molecule has 1 aliphatic carbocycles. The number of rotatable bonds is 1. The molecule has 0 heterocycles. The zero-order valence-electron chi connectivity index (χ0n) is 5.22. The minimum Gasteiger partial charge on any atom is -0.479 e. The van der Waals surface area contributed by atoms with Gasteiger partial charge in [0.2, 0.25) is 0 Å². The van der Waals surface area contributed by atoms with Crippen molar-refractivity contribution in [1.29, 1.82) is 0 Å². The van der Waals surface area contributed by atoms with Crippen molar-refractivity contribution < 1.29 is 28.2 Å². The van der Waals surface area contributed by atoms with Crippen molar-refractivity contribution >= 4 is 5.97 Å². The Morgan fingerprint density at radius 3 is 2.09 bits per heavy atom. The van der Waals surface area contributed by atoms with Crippen molar-refractivity contribution in [3.8, 4) is 0 Å². The van der Waals surface area contributed by atoms with Gasteiger partial charge in [0, 0.05) is 6.42 Å². The lowest BCUT2D eigenvalue weighted by atomic mass is 10.2. The Kier molecular flexibility index (Phi) is 1.42. The van der Waals surface area contributed by atoms with Crippen LogP contribution in [0.1, 0.15) is 6.42 Å². The summed E-state index contributed by atoms with van der Waals surface area (Å²) in [5, 5.41) is 16.8. The van der Waals surface area contributed by atoms with Gasteiger partial charge >= 0.3 is 12.1 Å². The molecule has 1 aliphatic rings. The minimum atomic E-state index is -4.60. The van der Waals surface area contributed by atoms with Crippen LogP contribution in [0.4, 0.5) is 13.2 Å². The van der Waals surface area contributed by atoms with E-state index in [1.807, 2.05) is 0 Å². The SMILES string of the molecule is O=C(O)C1(O)CC1C(F)(F)F. The molecule has 0 spiro atoms. The predicted octanol–water partition coefficient (Wildman–Crippen LogP) is 0.384. The Hall–Kier alpha value is -0.780. The summed E-state index contributed by atoms with van der Waals surface area (Å²) in [6, 6.07) is 0. The van der Waals surface area contributed by atoms with Gasteiger partial charge in [-0.05, 0) is 0 Å². The summed E-state index contributed by atoms with van der Waals surface area (Å²) in [4.78, 5) is 9.99. The van der Waals surface area contributed by atoms with Gasteiger partial charge in [-0.1, -0.05) is 0 Å². The lowest BCUT2D eigenvalue weighted by molar-refractivity contribution is -0.176. The quantitative estimate of drug-likeness (QED) is 0.598. The molecule has 2 atom stereocenters. The molecule has 1 rings (SSSR count). The van der Waals surface area contributed by atoms with Crippen LogP contribution in [-0.4, -0.2) is 28.0 Å². The van der Waals surface area contributed by atoms with Crippen molar-refractivity contribution in [3.05, 3.63) is 0 Å². The van der Waals surface area contributed by atoms with Gasteiger partial charge in [0.15, 0.2) is 5.60 Å². The van der Waals surface area contributed by atoms with Crippen LogP contribution in [0.5, 0.6) is 0 Å². The normalized spacial score (nSPS) is 36.9. The van der Waals surface area contributed by atoms with E-state index in [-0.39, 0.29) is 0 Å². The highest BCUT2D eigenvalue weighted by atomic mass is 19.4. The first kappa shape index (κ1) is 8.32. The second-order valence-electron chi connectivity index (χ2n) is 2.53. The minimum absolute atomic E-state index is 0.730. The number of aliphatic hydroxyl groups is 1. The number of aliphatic carboxylic acids is 1. The fourth-order valence-electron chi connectivity index (χ4n) is 0.875. The summed E-state index contributed by atoms with van der Waals surface area (Å²) >= 11 is 0. The molecular formula is C5H5F3O3. The average Bonchev–Trinajstić information content (AvgIpc) is 2.41. The van der Waals surface area contributed by atoms with E-state index in [0.29, 0.717) is 0 Å². The Labute approximate surface area is 59.4 Å². The van der Waals surface area contributed by atoms with Gasteiger partial charge in [-0.25, -0.2) is 4.79 Å². The van der Waals surface area contributed by atoms with Crippen LogP contribution in [0.15, 0.2) is 0 Å². The predicted molar refractivity (Wildman–Crippen MR) is 26.7 cm³/mol. The maximum Gasteiger partial charge on any atom is 0.395 e. The summed E-state index contributed by atoms with van der Waals surface area (Å²) in [5.74, 6) is -3.90. The van der Waals surface area contributed by atoms with E-state index in [9.17, 15) is 18.0 Å². The van der Waals surface area contributed by atoms with E-state index < -0.39 is 30.1 Å². The van der Waals surface area contributed by atoms with Crippen molar-refractivity contribution in [2.24, 2.45) is 5.92 Å². The third-order valence-electron chi connectivity index (χ3n) is 1.70. The zero-order valence-corrected chi connectivity index (χ0v) is 5.22. The van der Waals surface area contributed by atoms with Crippen molar-refractivity contribution in [2.45, 2.75) is 18.2 Å². The summed E-state index contributed by atoms with van der Waals surface area (Å²) in [6.45, 7) is 0. The highest BCUT2D eigenvalue weighted by Crippen LogP contribution is 2.53. The summed E-state index contributed by atoms with van der Waals surface area (Å²) in [6.07, 6.45) is -5.33. The number of hydrogen-bond donors (Lipinski definition) is 2. The Morgan fingerprint density at radius 2 is 2.00 bits per heavy atom. The number of alkyl halides is 3. The van der Waals surface area contributed by atoms with Crippen LogP contribution in [0.3, 0.4) is 0 Å². The smallest absolute Gasteiger partial charge is 0.395 e. The number of halogens is 3. The van der Waals surface area contributed by atoms with E-state index in [0.717, 1.165) is 0 Å². The molecule has 2 N–H and O–H groups in total. The lowest BCUT2D eigenvalue weighted by Crippen LogP contribution is -2.29. The van der Waals surface area contributed by atoms with Crippen LogP contribution in [0.25, 0.3) is 0 Å². The Balaban J connectivity index is 2.68. The third kappa shape index (κ3) is 1.18. The Morgan fingerprint density at radius 1 is 1.55 bits per heavy atom. The fourth-order valence-corrected chi connectivity index (χ4v) is 0.875. The van der Waals surface area contributed by atoms with Crippen LogP contribution in [0, 0.1) is 5.92 Å². The van der Waals surface area contributed by atoms with E-state index in [1.165, 1.54) is 0 Å². The van der Waals surface area contributed by atoms with Crippen LogP contribution in [0.2, 0.25) is 0 Å². The monoisotopic (exact) mass is 170 g/mol. The lowest BCUT2D eigenvalue weighted by Gasteiger charge is -2.06. The van der Waals surface area contributed by atoms with Crippen molar-refractivity contribution in [3.63, 3.8) is 0 Å². The van der Waals surface area contributed by atoms with Gasteiger partial charge in [0.1, 0.15) is 0 Å². The van der Waals surface area contributed by atoms with E-state index in [1.54, 1.807) is 0 Å². The van der Waals surface area contributed by atoms with Gasteiger partial charge < -0.3 is 10.2 Å². The molecular weight excluding hydrogens is 165 g/mol. The molecule has 11 heavy (non-hydrogen) atoms. The third-order valence-corrected chi connectivity index (χ3v) is 1.70. The van der Waals surface area contributed by atoms with Gasteiger partial charge in [-0.15, -0.1) is 0 Å². The molecule has 6 heteroatoms. The molecule has 0 saturated heterocycles. The van der Waals surface area contributed by atoms with Crippen LogP contribution >= 0.6 is 0 Å². The number of carbonyl (C=O) groups is 1. The second kappa shape index (κ2) is 1.88. The van der Waals surface area contributed by atoms with E-state index in [2.05, 4.69) is 0 Å². The number of carboxylic acids is 1. The summed E-state index contributed by atoms with van der Waals surface area (Å²) in [7, 11) is 0. The molecule has 0 aromatic carbocycles. The maximum atomic E-state index is 11.7. The number of carboxylic acid groups (broad SMARTS) is 1. The van der Waals surface area contributed by atoms with Crippen molar-refractivity contribution in [1.82, 2.24) is 0 Å². The zero-order chi connectivity index (χ0) is 8.86. The molecule has 64 valence electrons. The molecule has 0 aromatic heterocycles. The van der Waals surface area contributed by atoms with Gasteiger partial charge in [-0.3, -0.25) is 0 Å². The first-order chi connectivity index (χ1) is 4.78. The van der Waals surface area contributed by atoms with Gasteiger partial charge in [0.25, 0.3) is 0 Å². The Bertz CT molecular complexity index is 200. The standard InChI is InChI=1S/C5H5F3O3/c6-5(7,8)2-1-4(2,11)3(9)10/h2,11H,1H2,(H,9,10). The molecule has 0 bridgehead atoms. The molecule has 1 fully saturated rings. The van der Waals surface area contributed by atoms with E-state index in [4.69, 9.17) is 10.2 Å². The highest BCUT2D eigenvalue weighted by Gasteiger charge is 2.71. The largest absolute Gasteiger partial charge is 0.479 e. The second-order valence-corrected chi connectivity index (χ2v) is 2.53. The molecule has 0 amide bonds. The molecule has 2 unspecified atom stereocenters. The van der Waals surface area contributed by atoms with Gasteiger partial charge in [0.05, 0.1) is 5.92 Å². The fraction of sp³-hybridized carbons (Fsp3) is 0.800. The first-order valence-electron chi connectivity index (χ1n) is 2.81. The van der Waals surface area contributed by atoms with Gasteiger partial charge in [-0.2, -0.15) is 13.2 Å². The molecule has 3 nitrogen and oxygen atoms in total. The van der Waals surface area contributed by atoms with Crippen molar-refractivity contribution in [2.75, 3.05) is 0 Å². The summed E-state index contributed by atoms with van der Waals surface area (Å²) < 4.78 is 35.0. The maximum absolute atomic E-state index is 11.7. The highest BCUT2D eigenvalue weighted by molar-refractivity contribution is 5.81. The molecule has 1 saturated carbocycles. The number of hydrogen-bond acceptors (Lipinski definition) is 2. The molecule has 0 aliphatic heterocycles. The van der Waals surface area contributed by atoms with Crippen LogP contribution < -0.4 is 0 Å². The summed E-state index contributed by atoms with van der Waals surface area (Å²) in [5.41, 5.74) is -2.56. The average molecular weight is 170 g/mol. The topological polar surface area (TPSA) is 57.5 Å². The first-order valence-corrected chi connectivity index (χ1v) is 2.81. The molecule has 0 radical (unpaired) electrons. The van der Waals surface area contributed by atoms with Crippen LogP contribution in [-0.2, 0) is 4.79 Å². The molecule has 0 aromatic rings.